The van der Waals surface area contributed by atoms with Crippen molar-refractivity contribution in [3.05, 3.63) is 0 Å². The Hall–Kier alpha value is -0.610. The molecule has 4 heteroatoms. The Morgan fingerprint density at radius 1 is 1.19 bits per heavy atom. The van der Waals surface area contributed by atoms with Gasteiger partial charge in [0.05, 0.1) is 12.2 Å². The molecule has 1 fully saturated rings. The fraction of sp³-hybridized carbons (Fsp3) is 0.941. The zero-order valence-corrected chi connectivity index (χ0v) is 14.5. The zero-order chi connectivity index (χ0) is 15.8. The van der Waals surface area contributed by atoms with Crippen LogP contribution in [0.5, 0.6) is 0 Å². The number of carbonyl (C=O) groups is 1. The number of carbonyl (C=O) groups excluding carboxylic acids is 1. The first kappa shape index (κ1) is 18.4. The van der Waals surface area contributed by atoms with Crippen LogP contribution in [-0.4, -0.2) is 42.8 Å². The average molecular weight is 298 g/mol. The number of unbranched alkanes of at least 4 members (excludes halogenated alkanes) is 1. The molecule has 1 amide bonds. The SMILES string of the molecule is CCCCOCCCN1C(=O)C(C(C)C)NC1CC(C)C. The zero-order valence-electron chi connectivity index (χ0n) is 14.5. The Labute approximate surface area is 130 Å². The van der Waals surface area contributed by atoms with Crippen LogP contribution < -0.4 is 5.32 Å². The second-order valence-electron chi connectivity index (χ2n) is 6.88. The molecule has 4 nitrogen and oxygen atoms in total. The third kappa shape index (κ3) is 5.95. The molecule has 0 saturated carbocycles. The summed E-state index contributed by atoms with van der Waals surface area (Å²) in [5.74, 6) is 1.20. The quantitative estimate of drug-likeness (QED) is 0.630. The number of hydrogen-bond acceptors (Lipinski definition) is 3. The van der Waals surface area contributed by atoms with Gasteiger partial charge in [-0.05, 0) is 31.1 Å². The molecule has 1 rings (SSSR count). The number of amides is 1. The van der Waals surface area contributed by atoms with E-state index in [0.29, 0.717) is 11.8 Å². The van der Waals surface area contributed by atoms with Crippen LogP contribution in [0.1, 0.15) is 60.3 Å². The molecule has 1 N–H and O–H groups in total. The highest BCUT2D eigenvalue weighted by Gasteiger charge is 2.39. The normalized spacial score (nSPS) is 22.8. The summed E-state index contributed by atoms with van der Waals surface area (Å²) < 4.78 is 5.60. The van der Waals surface area contributed by atoms with Gasteiger partial charge in [-0.2, -0.15) is 0 Å². The Bertz CT molecular complexity index is 305. The van der Waals surface area contributed by atoms with Crippen LogP contribution in [0.15, 0.2) is 0 Å². The van der Waals surface area contributed by atoms with Gasteiger partial charge >= 0.3 is 0 Å². The molecular weight excluding hydrogens is 264 g/mol. The molecule has 0 aliphatic carbocycles. The Balaban J connectivity index is 2.44. The van der Waals surface area contributed by atoms with Crippen LogP contribution in [0.3, 0.4) is 0 Å². The molecule has 124 valence electrons. The molecule has 2 atom stereocenters. The molecule has 2 unspecified atom stereocenters. The summed E-state index contributed by atoms with van der Waals surface area (Å²) in [6.45, 7) is 13.2. The molecule has 0 aromatic rings. The number of nitrogens with zero attached hydrogens (tertiary/aromatic N) is 1. The van der Waals surface area contributed by atoms with Crippen LogP contribution in [0.2, 0.25) is 0 Å². The molecule has 1 heterocycles. The third-order valence-electron chi connectivity index (χ3n) is 3.99. The van der Waals surface area contributed by atoms with Gasteiger partial charge in [0.25, 0.3) is 0 Å². The van der Waals surface area contributed by atoms with E-state index in [4.69, 9.17) is 4.74 Å². The molecule has 0 bridgehead atoms. The second-order valence-corrected chi connectivity index (χ2v) is 6.88. The Morgan fingerprint density at radius 3 is 2.43 bits per heavy atom. The third-order valence-corrected chi connectivity index (χ3v) is 3.99. The van der Waals surface area contributed by atoms with Crippen molar-refractivity contribution in [3.8, 4) is 0 Å². The van der Waals surface area contributed by atoms with Crippen molar-refractivity contribution in [3.63, 3.8) is 0 Å². The van der Waals surface area contributed by atoms with Crippen LogP contribution in [0, 0.1) is 11.8 Å². The first-order valence-electron chi connectivity index (χ1n) is 8.61. The minimum absolute atomic E-state index is 0.0187. The number of rotatable bonds is 10. The molecule has 1 saturated heterocycles. The summed E-state index contributed by atoms with van der Waals surface area (Å²) in [4.78, 5) is 14.6. The largest absolute Gasteiger partial charge is 0.381 e. The fourth-order valence-electron chi connectivity index (χ4n) is 2.77. The summed E-state index contributed by atoms with van der Waals surface area (Å²) in [6, 6.07) is -0.0187. The lowest BCUT2D eigenvalue weighted by molar-refractivity contribution is -0.131. The first-order chi connectivity index (χ1) is 9.97. The lowest BCUT2D eigenvalue weighted by Gasteiger charge is -2.25. The summed E-state index contributed by atoms with van der Waals surface area (Å²) in [5, 5.41) is 3.52. The monoisotopic (exact) mass is 298 g/mol. The molecule has 0 radical (unpaired) electrons. The van der Waals surface area contributed by atoms with Crippen molar-refractivity contribution in [2.45, 2.75) is 72.5 Å². The van der Waals surface area contributed by atoms with Crippen LogP contribution >= 0.6 is 0 Å². The van der Waals surface area contributed by atoms with Gasteiger partial charge < -0.3 is 9.64 Å². The molecule has 1 aliphatic rings. The van der Waals surface area contributed by atoms with Gasteiger partial charge in [0.1, 0.15) is 0 Å². The van der Waals surface area contributed by atoms with E-state index >= 15 is 0 Å². The average Bonchev–Trinajstić information content (AvgIpc) is 2.70. The predicted molar refractivity (Wildman–Crippen MR) is 87.1 cm³/mol. The maximum Gasteiger partial charge on any atom is 0.241 e. The Morgan fingerprint density at radius 2 is 1.86 bits per heavy atom. The summed E-state index contributed by atoms with van der Waals surface area (Å²) in [7, 11) is 0. The van der Waals surface area contributed by atoms with Gasteiger partial charge in [0, 0.05) is 19.8 Å². The van der Waals surface area contributed by atoms with E-state index in [1.807, 2.05) is 4.90 Å². The highest BCUT2D eigenvalue weighted by molar-refractivity contribution is 5.84. The predicted octanol–water partition coefficient (Wildman–Crippen LogP) is 3.02. The smallest absolute Gasteiger partial charge is 0.241 e. The van der Waals surface area contributed by atoms with Crippen molar-refractivity contribution in [2.75, 3.05) is 19.8 Å². The second kappa shape index (κ2) is 9.42. The van der Waals surface area contributed by atoms with Gasteiger partial charge in [-0.3, -0.25) is 10.1 Å². The van der Waals surface area contributed by atoms with Crippen LogP contribution in [0.25, 0.3) is 0 Å². The van der Waals surface area contributed by atoms with Gasteiger partial charge in [-0.15, -0.1) is 0 Å². The lowest BCUT2D eigenvalue weighted by atomic mass is 10.0. The lowest BCUT2D eigenvalue weighted by Crippen LogP contribution is -2.39. The number of hydrogen-bond donors (Lipinski definition) is 1. The maximum absolute atomic E-state index is 12.5. The summed E-state index contributed by atoms with van der Waals surface area (Å²) in [6.07, 6.45) is 4.43. The first-order valence-corrected chi connectivity index (χ1v) is 8.61. The molecule has 0 aromatic carbocycles. The molecule has 0 spiro atoms. The van der Waals surface area contributed by atoms with E-state index in [1.165, 1.54) is 6.42 Å². The molecular formula is C17H34N2O2. The minimum atomic E-state index is -0.0187. The topological polar surface area (TPSA) is 41.6 Å². The van der Waals surface area contributed by atoms with Crippen molar-refractivity contribution in [1.29, 1.82) is 0 Å². The van der Waals surface area contributed by atoms with E-state index < -0.39 is 0 Å². The van der Waals surface area contributed by atoms with E-state index in [0.717, 1.165) is 39.0 Å². The van der Waals surface area contributed by atoms with E-state index in [2.05, 4.69) is 39.9 Å². The highest BCUT2D eigenvalue weighted by Crippen LogP contribution is 2.21. The van der Waals surface area contributed by atoms with Crippen molar-refractivity contribution >= 4 is 5.91 Å². The van der Waals surface area contributed by atoms with Gasteiger partial charge in [0.2, 0.25) is 5.91 Å². The Kier molecular flexibility index (Phi) is 8.27. The molecule has 21 heavy (non-hydrogen) atoms. The van der Waals surface area contributed by atoms with Gasteiger partial charge in [-0.1, -0.05) is 41.0 Å². The van der Waals surface area contributed by atoms with E-state index in [9.17, 15) is 4.79 Å². The van der Waals surface area contributed by atoms with Crippen molar-refractivity contribution < 1.29 is 9.53 Å². The van der Waals surface area contributed by atoms with Gasteiger partial charge in [0.15, 0.2) is 0 Å². The molecule has 1 aliphatic heterocycles. The highest BCUT2D eigenvalue weighted by atomic mass is 16.5. The van der Waals surface area contributed by atoms with E-state index in [-0.39, 0.29) is 18.1 Å². The van der Waals surface area contributed by atoms with E-state index in [1.54, 1.807) is 0 Å². The molecule has 0 aromatic heterocycles. The minimum Gasteiger partial charge on any atom is -0.381 e. The van der Waals surface area contributed by atoms with Crippen molar-refractivity contribution in [2.24, 2.45) is 11.8 Å². The van der Waals surface area contributed by atoms with Crippen molar-refractivity contribution in [1.82, 2.24) is 10.2 Å². The fourth-order valence-corrected chi connectivity index (χ4v) is 2.77. The maximum atomic E-state index is 12.5. The summed E-state index contributed by atoms with van der Waals surface area (Å²) >= 11 is 0. The standard InChI is InChI=1S/C17H34N2O2/c1-6-7-10-21-11-8-9-19-15(12-13(2)3)18-16(14(4)5)17(19)20/h13-16,18H,6-12H2,1-5H3. The van der Waals surface area contributed by atoms with Crippen LogP contribution in [-0.2, 0) is 9.53 Å². The summed E-state index contributed by atoms with van der Waals surface area (Å²) in [5.41, 5.74) is 0. The van der Waals surface area contributed by atoms with Crippen LogP contribution in [0.4, 0.5) is 0 Å². The van der Waals surface area contributed by atoms with Gasteiger partial charge in [-0.25, -0.2) is 0 Å². The number of ether oxygens (including phenoxy) is 1. The number of nitrogens with one attached hydrogen (secondary N) is 1.